The number of anilines is 1. The average Bonchev–Trinajstić information content (AvgIpc) is 2.60. The lowest BCUT2D eigenvalue weighted by molar-refractivity contribution is 0.481. The second-order valence-electron chi connectivity index (χ2n) is 5.68. The molecule has 26 heavy (non-hydrogen) atoms. The molecule has 0 amide bonds. The first-order valence-electron chi connectivity index (χ1n) is 8.21. The molecule has 0 aliphatic carbocycles. The van der Waals surface area contributed by atoms with Gasteiger partial charge in [0.1, 0.15) is 0 Å². The van der Waals surface area contributed by atoms with E-state index in [1.165, 1.54) is 0 Å². The number of halogens is 1. The van der Waals surface area contributed by atoms with Gasteiger partial charge in [0.05, 0.1) is 11.4 Å². The Morgan fingerprint density at radius 1 is 1.12 bits per heavy atom. The van der Waals surface area contributed by atoms with E-state index < -0.39 is 10.1 Å². The van der Waals surface area contributed by atoms with Gasteiger partial charge < -0.3 is 4.90 Å². The summed E-state index contributed by atoms with van der Waals surface area (Å²) < 4.78 is 31.5. The number of aromatic nitrogens is 1. The van der Waals surface area contributed by atoms with Crippen molar-refractivity contribution < 1.29 is 13.0 Å². The number of pyridine rings is 1. The van der Waals surface area contributed by atoms with E-state index in [9.17, 15) is 8.42 Å². The van der Waals surface area contributed by atoms with Crippen molar-refractivity contribution in [3.05, 3.63) is 47.1 Å². The largest absolute Gasteiger partial charge is 0.372 e. The van der Waals surface area contributed by atoms with Crippen molar-refractivity contribution in [1.29, 1.82) is 0 Å². The van der Waals surface area contributed by atoms with E-state index in [0.717, 1.165) is 23.1 Å². The summed E-state index contributed by atoms with van der Waals surface area (Å²) in [4.78, 5) is 6.22. The van der Waals surface area contributed by atoms with Gasteiger partial charge >= 0.3 is 0 Å². The maximum Gasteiger partial charge on any atom is 0.264 e. The van der Waals surface area contributed by atoms with Gasteiger partial charge in [0, 0.05) is 29.4 Å². The van der Waals surface area contributed by atoms with Crippen molar-refractivity contribution in [3.8, 4) is 0 Å². The molecule has 140 valence electrons. The summed E-state index contributed by atoms with van der Waals surface area (Å²) in [6.45, 7) is 3.41. The fraction of sp³-hybridized carbons (Fsp3) is 0.353. The van der Waals surface area contributed by atoms with Crippen LogP contribution in [0, 0.1) is 0 Å². The first-order valence-corrected chi connectivity index (χ1v) is 10.6. The van der Waals surface area contributed by atoms with Crippen molar-refractivity contribution in [2.75, 3.05) is 23.7 Å². The molecule has 9 heteroatoms. The van der Waals surface area contributed by atoms with Crippen LogP contribution in [0.2, 0.25) is 0 Å². The van der Waals surface area contributed by atoms with E-state index in [1.54, 1.807) is 12.3 Å². The number of azo groups is 1. The number of hydrogen-bond acceptors (Lipinski definition) is 6. The Morgan fingerprint density at radius 2 is 1.85 bits per heavy atom. The third-order valence-corrected chi connectivity index (χ3v) is 4.79. The molecule has 1 aromatic carbocycles. The molecular formula is C17H21BrN4O3S. The lowest BCUT2D eigenvalue weighted by Gasteiger charge is -2.24. The fourth-order valence-corrected chi connectivity index (χ4v) is 3.07. The van der Waals surface area contributed by atoms with Crippen LogP contribution in [0.5, 0.6) is 0 Å². The standard InChI is InChI=1S/C17H21BrN4O3S/c1-2-10-22(11-3-12-26(23,24)25)16-7-5-15(6-8-16)20-21-17-9-4-14(18)13-19-17/h4-9,13H,2-3,10-12H2,1H3,(H,23,24,25). The monoisotopic (exact) mass is 440 g/mol. The SMILES string of the molecule is CCCN(CCCS(=O)(=O)O)c1ccc(N=Nc2ccc(Br)cn2)cc1. The number of nitrogens with zero attached hydrogens (tertiary/aromatic N) is 4. The molecule has 1 aromatic heterocycles. The summed E-state index contributed by atoms with van der Waals surface area (Å²) in [6.07, 6.45) is 2.96. The molecule has 1 heterocycles. The summed E-state index contributed by atoms with van der Waals surface area (Å²) >= 11 is 3.32. The minimum atomic E-state index is -3.92. The van der Waals surface area contributed by atoms with Gasteiger partial charge in [-0.3, -0.25) is 4.55 Å². The van der Waals surface area contributed by atoms with E-state index in [4.69, 9.17) is 4.55 Å². The Labute approximate surface area is 162 Å². The minimum Gasteiger partial charge on any atom is -0.372 e. The third kappa shape index (κ3) is 7.19. The van der Waals surface area contributed by atoms with E-state index >= 15 is 0 Å². The van der Waals surface area contributed by atoms with Crippen molar-refractivity contribution in [3.63, 3.8) is 0 Å². The number of rotatable bonds is 9. The molecule has 0 aliphatic rings. The van der Waals surface area contributed by atoms with Crippen LogP contribution in [0.25, 0.3) is 0 Å². The quantitative estimate of drug-likeness (QED) is 0.448. The molecule has 7 nitrogen and oxygen atoms in total. The summed E-state index contributed by atoms with van der Waals surface area (Å²) in [5.74, 6) is 0.287. The van der Waals surface area contributed by atoms with Crippen molar-refractivity contribution in [2.24, 2.45) is 10.2 Å². The van der Waals surface area contributed by atoms with Gasteiger partial charge in [-0.2, -0.15) is 8.42 Å². The molecule has 1 N–H and O–H groups in total. The summed E-state index contributed by atoms with van der Waals surface area (Å²) in [7, 11) is -3.92. The topological polar surface area (TPSA) is 95.2 Å². The Morgan fingerprint density at radius 3 is 2.42 bits per heavy atom. The van der Waals surface area contributed by atoms with Crippen molar-refractivity contribution >= 4 is 43.2 Å². The highest BCUT2D eigenvalue weighted by Gasteiger charge is 2.09. The molecule has 0 unspecified atom stereocenters. The van der Waals surface area contributed by atoms with Gasteiger partial charge in [0.25, 0.3) is 10.1 Å². The molecule has 2 rings (SSSR count). The zero-order valence-electron chi connectivity index (χ0n) is 14.4. The first-order chi connectivity index (χ1) is 12.4. The van der Waals surface area contributed by atoms with Crippen molar-refractivity contribution in [1.82, 2.24) is 4.98 Å². The van der Waals surface area contributed by atoms with Gasteiger partial charge in [-0.1, -0.05) is 6.92 Å². The molecule has 0 bridgehead atoms. The van der Waals surface area contributed by atoms with Crippen molar-refractivity contribution in [2.45, 2.75) is 19.8 Å². The highest BCUT2D eigenvalue weighted by Crippen LogP contribution is 2.22. The van der Waals surface area contributed by atoms with Crippen LogP contribution in [-0.2, 0) is 10.1 Å². The second-order valence-corrected chi connectivity index (χ2v) is 8.17. The Hall–Kier alpha value is -1.84. The molecule has 0 atom stereocenters. The lowest BCUT2D eigenvalue weighted by Crippen LogP contribution is -2.26. The summed E-state index contributed by atoms with van der Waals surface area (Å²) in [5, 5.41) is 8.25. The highest BCUT2D eigenvalue weighted by atomic mass is 79.9. The zero-order chi connectivity index (χ0) is 19.0. The van der Waals surface area contributed by atoms with Gasteiger partial charge in [-0.15, -0.1) is 10.2 Å². The van der Waals surface area contributed by atoms with Crippen LogP contribution in [0.1, 0.15) is 19.8 Å². The molecule has 0 radical (unpaired) electrons. The molecule has 0 saturated carbocycles. The van der Waals surface area contributed by atoms with Crippen LogP contribution in [0.3, 0.4) is 0 Å². The Balaban J connectivity index is 2.01. The number of hydrogen-bond donors (Lipinski definition) is 1. The van der Waals surface area contributed by atoms with E-state index in [2.05, 4.69) is 43.0 Å². The van der Waals surface area contributed by atoms with E-state index in [1.807, 2.05) is 30.3 Å². The van der Waals surface area contributed by atoms with E-state index in [-0.39, 0.29) is 5.75 Å². The van der Waals surface area contributed by atoms with Crippen LogP contribution >= 0.6 is 15.9 Å². The predicted molar refractivity (Wildman–Crippen MR) is 106 cm³/mol. The summed E-state index contributed by atoms with van der Waals surface area (Å²) in [5.41, 5.74) is 1.68. The minimum absolute atomic E-state index is 0.236. The third-order valence-electron chi connectivity index (χ3n) is 3.52. The fourth-order valence-electron chi connectivity index (χ4n) is 2.34. The normalized spacial score (nSPS) is 11.8. The second kappa shape index (κ2) is 9.75. The van der Waals surface area contributed by atoms with Gasteiger partial charge in [0.15, 0.2) is 5.82 Å². The highest BCUT2D eigenvalue weighted by molar-refractivity contribution is 9.10. The maximum absolute atomic E-state index is 10.9. The Bertz CT molecular complexity index is 824. The van der Waals surface area contributed by atoms with Crippen LogP contribution in [0.4, 0.5) is 17.2 Å². The molecular weight excluding hydrogens is 420 g/mol. The van der Waals surface area contributed by atoms with Crippen LogP contribution in [-0.4, -0.2) is 36.8 Å². The smallest absolute Gasteiger partial charge is 0.264 e. The van der Waals surface area contributed by atoms with Crippen LogP contribution in [0.15, 0.2) is 57.3 Å². The van der Waals surface area contributed by atoms with Crippen LogP contribution < -0.4 is 4.90 Å². The van der Waals surface area contributed by atoms with Gasteiger partial charge in [-0.25, -0.2) is 4.98 Å². The molecule has 0 spiro atoms. The first kappa shape index (κ1) is 20.5. The zero-order valence-corrected chi connectivity index (χ0v) is 16.8. The predicted octanol–water partition coefficient (Wildman–Crippen LogP) is 4.75. The lowest BCUT2D eigenvalue weighted by atomic mass is 10.2. The van der Waals surface area contributed by atoms with Gasteiger partial charge in [-0.05, 0) is 65.2 Å². The molecule has 0 aliphatic heterocycles. The average molecular weight is 441 g/mol. The van der Waals surface area contributed by atoms with E-state index in [0.29, 0.717) is 24.5 Å². The maximum atomic E-state index is 10.9. The Kier molecular flexibility index (Phi) is 7.67. The van der Waals surface area contributed by atoms with Gasteiger partial charge in [0.2, 0.25) is 0 Å². The molecule has 0 saturated heterocycles. The molecule has 2 aromatic rings. The number of benzene rings is 1. The molecule has 0 fully saturated rings. The summed E-state index contributed by atoms with van der Waals surface area (Å²) in [6, 6.07) is 11.2.